The van der Waals surface area contributed by atoms with Crippen molar-refractivity contribution in [3.63, 3.8) is 0 Å². The molecule has 0 unspecified atom stereocenters. The van der Waals surface area contributed by atoms with Gasteiger partial charge in [-0.05, 0) is 32.0 Å². The zero-order valence-corrected chi connectivity index (χ0v) is 19.5. The number of hydrogen-bond donors (Lipinski definition) is 2. The lowest BCUT2D eigenvalue weighted by atomic mass is 10.2. The van der Waals surface area contributed by atoms with Gasteiger partial charge in [-0.15, -0.1) is 0 Å². The van der Waals surface area contributed by atoms with Crippen LogP contribution in [0.5, 0.6) is 0 Å². The van der Waals surface area contributed by atoms with E-state index < -0.39 is 0 Å². The van der Waals surface area contributed by atoms with Crippen molar-refractivity contribution < 1.29 is 4.79 Å². The summed E-state index contributed by atoms with van der Waals surface area (Å²) in [4.78, 5) is 32.8. The van der Waals surface area contributed by atoms with Gasteiger partial charge in [-0.25, -0.2) is 9.97 Å². The molecule has 2 fully saturated rings. The predicted molar refractivity (Wildman–Crippen MR) is 132 cm³/mol. The number of anilines is 4. The lowest BCUT2D eigenvalue weighted by Crippen LogP contribution is -2.44. The number of aromatic nitrogens is 3. The molecule has 0 aliphatic carbocycles. The Hall–Kier alpha value is -3.27. The fourth-order valence-electron chi connectivity index (χ4n) is 4.14. The average molecular weight is 452 g/mol. The number of hydrogen-bond acceptors (Lipinski definition) is 10. The quantitative estimate of drug-likeness (QED) is 0.372. The van der Waals surface area contributed by atoms with Crippen LogP contribution in [0.15, 0.2) is 23.4 Å². The van der Waals surface area contributed by atoms with E-state index >= 15 is 0 Å². The van der Waals surface area contributed by atoms with Crippen LogP contribution in [0.1, 0.15) is 41.7 Å². The number of nitrogens with zero attached hydrogens (tertiary/aromatic N) is 7. The SMILES string of the molecule is CN/N=C\c1nc(N2CCCCCC2)nc(Nc2ccc(N3CCN(C)CC3)nc2)c1C=O. The molecule has 2 aromatic heterocycles. The zero-order valence-electron chi connectivity index (χ0n) is 19.5. The summed E-state index contributed by atoms with van der Waals surface area (Å²) in [6, 6.07) is 3.98. The van der Waals surface area contributed by atoms with E-state index in [2.05, 4.69) is 47.6 Å². The summed E-state index contributed by atoms with van der Waals surface area (Å²) in [5.74, 6) is 2.04. The molecule has 2 saturated heterocycles. The van der Waals surface area contributed by atoms with Gasteiger partial charge in [0.25, 0.3) is 0 Å². The van der Waals surface area contributed by atoms with Crippen LogP contribution >= 0.6 is 0 Å². The van der Waals surface area contributed by atoms with Gasteiger partial charge in [-0.2, -0.15) is 10.1 Å². The minimum Gasteiger partial charge on any atom is -0.354 e. The minimum atomic E-state index is 0.371. The molecule has 4 rings (SSSR count). The van der Waals surface area contributed by atoms with Crippen LogP contribution in [0.25, 0.3) is 0 Å². The van der Waals surface area contributed by atoms with E-state index in [9.17, 15) is 4.79 Å². The van der Waals surface area contributed by atoms with Gasteiger partial charge in [0, 0.05) is 46.3 Å². The molecular weight excluding hydrogens is 418 g/mol. The third-order valence-corrected chi connectivity index (χ3v) is 6.12. The first-order valence-electron chi connectivity index (χ1n) is 11.7. The molecule has 0 bridgehead atoms. The lowest BCUT2D eigenvalue weighted by Gasteiger charge is -2.33. The topological polar surface area (TPSA) is 102 Å². The average Bonchev–Trinajstić information content (AvgIpc) is 3.13. The van der Waals surface area contributed by atoms with Gasteiger partial charge >= 0.3 is 0 Å². The van der Waals surface area contributed by atoms with E-state index in [0.29, 0.717) is 23.0 Å². The maximum atomic E-state index is 12.0. The monoisotopic (exact) mass is 451 g/mol. The first-order chi connectivity index (χ1) is 16.2. The van der Waals surface area contributed by atoms with Crippen molar-refractivity contribution in [2.24, 2.45) is 5.10 Å². The maximum absolute atomic E-state index is 12.0. The van der Waals surface area contributed by atoms with E-state index in [0.717, 1.165) is 69.9 Å². The number of rotatable bonds is 7. The summed E-state index contributed by atoms with van der Waals surface area (Å²) in [7, 11) is 3.85. The van der Waals surface area contributed by atoms with Crippen LogP contribution in [0.3, 0.4) is 0 Å². The third-order valence-electron chi connectivity index (χ3n) is 6.12. The lowest BCUT2D eigenvalue weighted by molar-refractivity contribution is 0.112. The standard InChI is InChI=1S/C23H33N9O/c1-24-26-16-20-19(17-33)22(29-23(28-20)32-9-5-3-4-6-10-32)27-18-7-8-21(25-15-18)31-13-11-30(2)12-14-31/h7-8,15-17,24H,3-6,9-14H2,1-2H3,(H,27,28,29)/b26-16-. The number of nitrogens with one attached hydrogen (secondary N) is 2. The molecule has 0 atom stereocenters. The van der Waals surface area contributed by atoms with Gasteiger partial charge in [0.2, 0.25) is 5.95 Å². The summed E-state index contributed by atoms with van der Waals surface area (Å²) in [5, 5.41) is 7.37. The molecule has 0 amide bonds. The largest absolute Gasteiger partial charge is 0.354 e. The van der Waals surface area contributed by atoms with Crippen molar-refractivity contribution in [3.05, 3.63) is 29.6 Å². The number of aldehydes is 1. The van der Waals surface area contributed by atoms with Crippen LogP contribution in [-0.4, -0.2) is 85.7 Å². The first-order valence-corrected chi connectivity index (χ1v) is 11.7. The van der Waals surface area contributed by atoms with Gasteiger partial charge in [-0.3, -0.25) is 4.79 Å². The first kappa shape index (κ1) is 22.9. The number of carbonyl (C=O) groups is 1. The zero-order chi connectivity index (χ0) is 23.0. The Kier molecular flexibility index (Phi) is 7.66. The highest BCUT2D eigenvalue weighted by atomic mass is 16.1. The highest BCUT2D eigenvalue weighted by molar-refractivity contribution is 5.96. The smallest absolute Gasteiger partial charge is 0.227 e. The number of carbonyl (C=O) groups excluding carboxylic acids is 1. The number of pyridine rings is 1. The Morgan fingerprint density at radius 3 is 2.36 bits per heavy atom. The van der Waals surface area contributed by atoms with Crippen LogP contribution in [0, 0.1) is 0 Å². The highest BCUT2D eigenvalue weighted by Crippen LogP contribution is 2.25. The second-order valence-corrected chi connectivity index (χ2v) is 8.49. The molecule has 10 nitrogen and oxygen atoms in total. The van der Waals surface area contributed by atoms with E-state index in [4.69, 9.17) is 4.98 Å². The summed E-state index contributed by atoms with van der Waals surface area (Å²) in [5.41, 5.74) is 4.35. The van der Waals surface area contributed by atoms with E-state index in [1.165, 1.54) is 12.8 Å². The molecule has 0 saturated carbocycles. The summed E-state index contributed by atoms with van der Waals surface area (Å²) in [6.45, 7) is 5.80. The Balaban J connectivity index is 1.60. The Bertz CT molecular complexity index is 947. The van der Waals surface area contributed by atoms with Crippen LogP contribution in [-0.2, 0) is 0 Å². The second-order valence-electron chi connectivity index (χ2n) is 8.49. The van der Waals surface area contributed by atoms with Crippen molar-refractivity contribution in [1.29, 1.82) is 0 Å². The van der Waals surface area contributed by atoms with Crippen molar-refractivity contribution in [2.75, 3.05) is 68.5 Å². The molecule has 33 heavy (non-hydrogen) atoms. The Morgan fingerprint density at radius 1 is 0.970 bits per heavy atom. The summed E-state index contributed by atoms with van der Waals surface area (Å²) >= 11 is 0. The predicted octanol–water partition coefficient (Wildman–Crippen LogP) is 2.11. The van der Waals surface area contributed by atoms with Crippen LogP contribution in [0.2, 0.25) is 0 Å². The van der Waals surface area contributed by atoms with E-state index in [1.807, 2.05) is 12.1 Å². The van der Waals surface area contributed by atoms with Gasteiger partial charge in [0.1, 0.15) is 17.3 Å². The highest BCUT2D eigenvalue weighted by Gasteiger charge is 2.19. The Labute approximate surface area is 195 Å². The fraction of sp³-hybridized carbons (Fsp3) is 0.522. The van der Waals surface area contributed by atoms with E-state index in [-0.39, 0.29) is 0 Å². The van der Waals surface area contributed by atoms with Gasteiger partial charge < -0.3 is 25.4 Å². The number of hydrazone groups is 1. The third kappa shape index (κ3) is 5.75. The molecule has 176 valence electrons. The van der Waals surface area contributed by atoms with Gasteiger partial charge in [0.15, 0.2) is 6.29 Å². The van der Waals surface area contributed by atoms with E-state index in [1.54, 1.807) is 19.5 Å². The number of likely N-dealkylation sites (N-methyl/N-ethyl adjacent to an activating group) is 1. The molecule has 4 heterocycles. The van der Waals surface area contributed by atoms with Crippen molar-refractivity contribution in [1.82, 2.24) is 25.3 Å². The van der Waals surface area contributed by atoms with Crippen molar-refractivity contribution in [2.45, 2.75) is 25.7 Å². The Morgan fingerprint density at radius 2 is 1.73 bits per heavy atom. The second kappa shape index (κ2) is 11.0. The normalized spacial score (nSPS) is 17.8. The minimum absolute atomic E-state index is 0.371. The van der Waals surface area contributed by atoms with Crippen LogP contribution < -0.4 is 20.5 Å². The molecule has 2 N–H and O–H groups in total. The molecule has 0 spiro atoms. The summed E-state index contributed by atoms with van der Waals surface area (Å²) < 4.78 is 0. The molecule has 2 aromatic rings. The molecule has 10 heteroatoms. The van der Waals surface area contributed by atoms with Gasteiger partial charge in [0.05, 0.1) is 23.7 Å². The fourth-order valence-corrected chi connectivity index (χ4v) is 4.14. The molecule has 0 aromatic carbocycles. The molecular formula is C23H33N9O. The summed E-state index contributed by atoms with van der Waals surface area (Å²) in [6.07, 6.45) is 8.78. The molecule has 2 aliphatic heterocycles. The van der Waals surface area contributed by atoms with Gasteiger partial charge in [-0.1, -0.05) is 12.8 Å². The van der Waals surface area contributed by atoms with Crippen LogP contribution in [0.4, 0.5) is 23.3 Å². The van der Waals surface area contributed by atoms with Crippen molar-refractivity contribution in [3.8, 4) is 0 Å². The number of piperazine rings is 1. The van der Waals surface area contributed by atoms with Crippen molar-refractivity contribution >= 4 is 35.8 Å². The molecule has 2 aliphatic rings. The maximum Gasteiger partial charge on any atom is 0.227 e. The molecule has 0 radical (unpaired) electrons.